The van der Waals surface area contributed by atoms with Gasteiger partial charge in [-0.1, -0.05) is 19.8 Å². The fourth-order valence-electron chi connectivity index (χ4n) is 0.805. The van der Waals surface area contributed by atoms with Crippen LogP contribution in [0.2, 0.25) is 0 Å². The molecule has 2 nitrogen and oxygen atoms in total. The van der Waals surface area contributed by atoms with Gasteiger partial charge in [-0.15, -0.1) is 0 Å². The Labute approximate surface area is 71.4 Å². The van der Waals surface area contributed by atoms with Crippen molar-refractivity contribution in [1.82, 2.24) is 0 Å². The van der Waals surface area contributed by atoms with E-state index in [-0.39, 0.29) is 0 Å². The molecule has 0 heterocycles. The van der Waals surface area contributed by atoms with Crippen LogP contribution in [0.4, 0.5) is 0 Å². The lowest BCUT2D eigenvalue weighted by molar-refractivity contribution is 0.676. The Morgan fingerprint density at radius 2 is 2.09 bits per heavy atom. The van der Waals surface area contributed by atoms with Gasteiger partial charge in [0.1, 0.15) is 0 Å². The topological polar surface area (TPSA) is 40.9 Å². The highest BCUT2D eigenvalue weighted by molar-refractivity contribution is 7.84. The van der Waals surface area contributed by atoms with E-state index in [2.05, 4.69) is 6.92 Å². The molecule has 0 aromatic carbocycles. The van der Waals surface area contributed by atoms with Gasteiger partial charge >= 0.3 is 0 Å². The normalized spacial score (nSPS) is 12.8. The van der Waals surface area contributed by atoms with Crippen molar-refractivity contribution < 1.29 is 4.21 Å². The summed E-state index contributed by atoms with van der Waals surface area (Å²) in [6.07, 6.45) is 5.43. The Balaban J connectivity index is 3.15. The first-order valence-corrected chi connectivity index (χ1v) is 5.64. The van der Waals surface area contributed by atoms with Crippen LogP contribution in [0, 0.1) is 5.41 Å². The number of rotatable bonds is 7. The van der Waals surface area contributed by atoms with Crippen molar-refractivity contribution in [2.24, 2.45) is 0 Å². The summed E-state index contributed by atoms with van der Waals surface area (Å²) < 4.78 is 11.1. The summed E-state index contributed by atoms with van der Waals surface area (Å²) in [4.78, 5) is 0. The molecule has 3 heteroatoms. The van der Waals surface area contributed by atoms with Crippen molar-refractivity contribution in [2.45, 2.75) is 32.6 Å². The molecule has 1 unspecified atom stereocenters. The third kappa shape index (κ3) is 7.72. The highest BCUT2D eigenvalue weighted by atomic mass is 32.2. The average Bonchev–Trinajstić information content (AvgIpc) is 2.01. The van der Waals surface area contributed by atoms with Crippen LogP contribution in [-0.4, -0.2) is 21.9 Å². The van der Waals surface area contributed by atoms with Gasteiger partial charge in [-0.2, -0.15) is 0 Å². The molecular formula is C8H17NOS. The van der Waals surface area contributed by atoms with Crippen LogP contribution in [0.5, 0.6) is 0 Å². The number of hydrogen-bond donors (Lipinski definition) is 1. The van der Waals surface area contributed by atoms with Crippen LogP contribution in [0.15, 0.2) is 0 Å². The van der Waals surface area contributed by atoms with E-state index in [1.165, 1.54) is 19.1 Å². The molecule has 0 bridgehead atoms. The Morgan fingerprint density at radius 3 is 2.64 bits per heavy atom. The molecule has 1 N–H and O–H groups in total. The van der Waals surface area contributed by atoms with Crippen LogP contribution in [0.3, 0.4) is 0 Å². The minimum Gasteiger partial charge on any atom is -0.313 e. The first-order valence-electron chi connectivity index (χ1n) is 4.15. The number of unbranched alkanes of at least 4 members (excludes halogenated alkanes) is 2. The van der Waals surface area contributed by atoms with Gasteiger partial charge in [0.05, 0.1) is 0 Å². The highest BCUT2D eigenvalue weighted by Gasteiger charge is 1.96. The molecule has 0 rings (SSSR count). The number of nitrogens with one attached hydrogen (secondary N) is 1. The molecule has 0 saturated heterocycles. The van der Waals surface area contributed by atoms with Crippen LogP contribution in [0.1, 0.15) is 32.6 Å². The molecule has 0 aromatic heterocycles. The van der Waals surface area contributed by atoms with Gasteiger partial charge in [0.15, 0.2) is 0 Å². The molecule has 66 valence electrons. The zero-order valence-corrected chi connectivity index (χ0v) is 7.95. The van der Waals surface area contributed by atoms with Crippen LogP contribution in [-0.2, 0) is 10.8 Å². The summed E-state index contributed by atoms with van der Waals surface area (Å²) in [5, 5.41) is 6.75. The SMILES string of the molecule is CCCCCS(=O)CCC=N. The van der Waals surface area contributed by atoms with E-state index in [9.17, 15) is 4.21 Å². The summed E-state index contributed by atoms with van der Waals surface area (Å²) in [5.41, 5.74) is 0. The lowest BCUT2D eigenvalue weighted by Gasteiger charge is -1.97. The Kier molecular flexibility index (Phi) is 7.79. The van der Waals surface area contributed by atoms with Gasteiger partial charge in [-0.25, -0.2) is 0 Å². The predicted octanol–water partition coefficient (Wildman–Crippen LogP) is 1.96. The van der Waals surface area contributed by atoms with E-state index in [1.807, 2.05) is 0 Å². The maximum atomic E-state index is 11.1. The van der Waals surface area contributed by atoms with Gasteiger partial charge in [0, 0.05) is 22.3 Å². The predicted molar refractivity (Wildman–Crippen MR) is 50.8 cm³/mol. The monoisotopic (exact) mass is 175 g/mol. The molecule has 0 amide bonds. The first kappa shape index (κ1) is 10.8. The first-order chi connectivity index (χ1) is 5.31. The summed E-state index contributed by atoms with van der Waals surface area (Å²) in [5.74, 6) is 1.49. The molecule has 1 atom stereocenters. The minimum atomic E-state index is -0.673. The van der Waals surface area contributed by atoms with E-state index < -0.39 is 10.8 Å². The molecule has 0 aliphatic carbocycles. The molecule has 11 heavy (non-hydrogen) atoms. The van der Waals surface area contributed by atoms with Crippen molar-refractivity contribution in [3.63, 3.8) is 0 Å². The van der Waals surface area contributed by atoms with Crippen LogP contribution < -0.4 is 0 Å². The Bertz CT molecular complexity index is 125. The molecule has 0 radical (unpaired) electrons. The third-order valence-corrected chi connectivity index (χ3v) is 2.90. The summed E-state index contributed by atoms with van der Waals surface area (Å²) in [6, 6.07) is 0. The molecule has 0 aliphatic heterocycles. The van der Waals surface area contributed by atoms with Crippen molar-refractivity contribution in [3.05, 3.63) is 0 Å². The zero-order chi connectivity index (χ0) is 8.53. The minimum absolute atomic E-state index is 0.665. The highest BCUT2D eigenvalue weighted by Crippen LogP contribution is 1.97. The lowest BCUT2D eigenvalue weighted by Crippen LogP contribution is -2.02. The van der Waals surface area contributed by atoms with Gasteiger partial charge < -0.3 is 5.41 Å². The van der Waals surface area contributed by atoms with Crippen molar-refractivity contribution in [1.29, 1.82) is 5.41 Å². The van der Waals surface area contributed by atoms with Crippen molar-refractivity contribution >= 4 is 17.0 Å². The fraction of sp³-hybridized carbons (Fsp3) is 0.875. The summed E-state index contributed by atoms with van der Waals surface area (Å²) >= 11 is 0. The standard InChI is InChI=1S/C8H17NOS/c1-2-3-4-7-11(10)8-5-6-9/h6,9H,2-5,7-8H2,1H3. The fourth-order valence-corrected chi connectivity index (χ4v) is 1.92. The van der Waals surface area contributed by atoms with Gasteiger partial charge in [0.2, 0.25) is 0 Å². The second-order valence-corrected chi connectivity index (χ2v) is 4.24. The Morgan fingerprint density at radius 1 is 1.36 bits per heavy atom. The molecule has 0 fully saturated rings. The largest absolute Gasteiger partial charge is 0.313 e. The molecule has 0 saturated carbocycles. The smallest absolute Gasteiger partial charge is 0.0284 e. The maximum absolute atomic E-state index is 11.1. The van der Waals surface area contributed by atoms with Gasteiger partial charge in [-0.05, 0) is 19.1 Å². The molecule has 0 spiro atoms. The maximum Gasteiger partial charge on any atom is 0.0284 e. The van der Waals surface area contributed by atoms with Crippen molar-refractivity contribution in [3.8, 4) is 0 Å². The molecular weight excluding hydrogens is 158 g/mol. The number of hydrogen-bond acceptors (Lipinski definition) is 2. The Hall–Kier alpha value is -0.180. The van der Waals surface area contributed by atoms with Gasteiger partial charge in [-0.3, -0.25) is 4.21 Å². The van der Waals surface area contributed by atoms with E-state index in [4.69, 9.17) is 5.41 Å². The summed E-state index contributed by atoms with van der Waals surface area (Å²) in [7, 11) is -0.673. The second-order valence-electron chi connectivity index (χ2n) is 2.55. The quantitative estimate of drug-likeness (QED) is 0.466. The molecule has 0 aliphatic rings. The second kappa shape index (κ2) is 7.92. The van der Waals surface area contributed by atoms with E-state index in [0.717, 1.165) is 12.2 Å². The zero-order valence-electron chi connectivity index (χ0n) is 7.14. The van der Waals surface area contributed by atoms with Gasteiger partial charge in [0.25, 0.3) is 0 Å². The third-order valence-electron chi connectivity index (χ3n) is 1.47. The van der Waals surface area contributed by atoms with Crippen LogP contribution >= 0.6 is 0 Å². The molecule has 0 aromatic rings. The van der Waals surface area contributed by atoms with E-state index >= 15 is 0 Å². The van der Waals surface area contributed by atoms with Crippen molar-refractivity contribution in [2.75, 3.05) is 11.5 Å². The summed E-state index contributed by atoms with van der Waals surface area (Å²) in [6.45, 7) is 2.14. The lowest BCUT2D eigenvalue weighted by atomic mass is 10.3. The van der Waals surface area contributed by atoms with E-state index in [1.54, 1.807) is 0 Å². The average molecular weight is 175 g/mol. The van der Waals surface area contributed by atoms with E-state index in [0.29, 0.717) is 12.2 Å². The van der Waals surface area contributed by atoms with Crippen LogP contribution in [0.25, 0.3) is 0 Å².